The summed E-state index contributed by atoms with van der Waals surface area (Å²) in [4.78, 5) is 14.9. The van der Waals surface area contributed by atoms with Crippen molar-refractivity contribution in [1.29, 1.82) is 0 Å². The van der Waals surface area contributed by atoms with Gasteiger partial charge in [-0.25, -0.2) is 9.97 Å². The van der Waals surface area contributed by atoms with E-state index in [1.807, 2.05) is 66.7 Å². The lowest BCUT2D eigenvalue weighted by Gasteiger charge is -2.09. The molecule has 0 aliphatic rings. The van der Waals surface area contributed by atoms with Crippen molar-refractivity contribution in [2.24, 2.45) is 0 Å². The number of rotatable bonds is 4. The number of fused-ring (bicyclic) bond motifs is 6. The Morgan fingerprint density at radius 2 is 1.20 bits per heavy atom. The predicted molar refractivity (Wildman–Crippen MR) is 176 cm³/mol. The molecular formula is C39H23N3O2. The smallest absolute Gasteiger partial charge is 0.181 e. The minimum absolute atomic E-state index is 0.587. The highest BCUT2D eigenvalue weighted by atomic mass is 16.3. The molecule has 0 bridgehead atoms. The molecule has 5 nitrogen and oxygen atoms in total. The molecule has 0 aliphatic carbocycles. The van der Waals surface area contributed by atoms with Gasteiger partial charge in [-0.1, -0.05) is 91.0 Å². The number of furan rings is 2. The van der Waals surface area contributed by atoms with Gasteiger partial charge in [0.15, 0.2) is 11.4 Å². The fraction of sp³-hybridized carbons (Fsp3) is 0. The van der Waals surface area contributed by atoms with Gasteiger partial charge in [-0.15, -0.1) is 0 Å². The van der Waals surface area contributed by atoms with Crippen molar-refractivity contribution < 1.29 is 8.83 Å². The van der Waals surface area contributed by atoms with Crippen LogP contribution in [0.2, 0.25) is 0 Å². The summed E-state index contributed by atoms with van der Waals surface area (Å²) < 4.78 is 13.0. The summed E-state index contributed by atoms with van der Waals surface area (Å²) in [6, 6.07) is 45.1. The third-order valence-corrected chi connectivity index (χ3v) is 8.16. The van der Waals surface area contributed by atoms with Crippen molar-refractivity contribution in [2.45, 2.75) is 0 Å². The Morgan fingerprint density at radius 1 is 0.477 bits per heavy atom. The zero-order valence-electron chi connectivity index (χ0n) is 23.4. The first-order chi connectivity index (χ1) is 21.8. The molecule has 4 aromatic heterocycles. The molecule has 0 N–H and O–H groups in total. The number of para-hydroxylation sites is 1. The van der Waals surface area contributed by atoms with E-state index in [-0.39, 0.29) is 0 Å². The van der Waals surface area contributed by atoms with Gasteiger partial charge in [0.2, 0.25) is 0 Å². The maximum absolute atomic E-state index is 6.66. The zero-order valence-corrected chi connectivity index (χ0v) is 23.4. The molecule has 5 aromatic carbocycles. The molecule has 0 amide bonds. The maximum atomic E-state index is 6.66. The molecule has 0 radical (unpaired) electrons. The molecule has 0 saturated heterocycles. The van der Waals surface area contributed by atoms with Crippen LogP contribution < -0.4 is 0 Å². The number of benzene rings is 5. The number of hydrogen-bond acceptors (Lipinski definition) is 5. The van der Waals surface area contributed by atoms with Crippen LogP contribution in [0.4, 0.5) is 0 Å². The summed E-state index contributed by atoms with van der Waals surface area (Å²) in [5.74, 6) is 0.587. The van der Waals surface area contributed by atoms with Crippen molar-refractivity contribution in [3.8, 4) is 45.0 Å². The molecular weight excluding hydrogens is 542 g/mol. The summed E-state index contributed by atoms with van der Waals surface area (Å²) in [6.45, 7) is 0. The van der Waals surface area contributed by atoms with Gasteiger partial charge in [0.25, 0.3) is 0 Å². The molecule has 5 heteroatoms. The van der Waals surface area contributed by atoms with Gasteiger partial charge in [0.1, 0.15) is 28.0 Å². The molecule has 0 aliphatic heterocycles. The van der Waals surface area contributed by atoms with Crippen molar-refractivity contribution in [2.75, 3.05) is 0 Å². The summed E-state index contributed by atoms with van der Waals surface area (Å²) in [6.07, 6.45) is 1.77. The van der Waals surface area contributed by atoms with Crippen LogP contribution in [0.5, 0.6) is 0 Å². The predicted octanol–water partition coefficient (Wildman–Crippen LogP) is 10.3. The fourth-order valence-corrected chi connectivity index (χ4v) is 6.13. The molecule has 9 aromatic rings. The molecule has 0 unspecified atom stereocenters. The van der Waals surface area contributed by atoms with Crippen LogP contribution in [-0.4, -0.2) is 15.0 Å². The Bertz CT molecular complexity index is 2480. The van der Waals surface area contributed by atoms with Gasteiger partial charge in [-0.2, -0.15) is 0 Å². The normalized spacial score (nSPS) is 11.6. The van der Waals surface area contributed by atoms with Gasteiger partial charge in [-0.3, -0.25) is 4.98 Å². The molecule has 4 heterocycles. The van der Waals surface area contributed by atoms with Gasteiger partial charge in [-0.05, 0) is 59.2 Å². The second-order valence-corrected chi connectivity index (χ2v) is 10.8. The van der Waals surface area contributed by atoms with Crippen LogP contribution in [0.25, 0.3) is 89.0 Å². The first-order valence-electron chi connectivity index (χ1n) is 14.5. The van der Waals surface area contributed by atoms with Gasteiger partial charge in [0, 0.05) is 33.5 Å². The number of aromatic nitrogens is 3. The zero-order chi connectivity index (χ0) is 29.0. The summed E-state index contributed by atoms with van der Waals surface area (Å²) in [5.41, 5.74) is 10.4. The Balaban J connectivity index is 1.38. The highest BCUT2D eigenvalue weighted by Crippen LogP contribution is 2.43. The molecule has 0 spiro atoms. The SMILES string of the molecule is c1ccc(-c2cc(-c3ccccc3)c3oc4cccc(-c5nc(-c6ccccn6)c6oc7ccccc7c6n5)c4c3c2)cc1. The lowest BCUT2D eigenvalue weighted by atomic mass is 9.95. The molecule has 206 valence electrons. The fourth-order valence-electron chi connectivity index (χ4n) is 6.13. The van der Waals surface area contributed by atoms with Crippen molar-refractivity contribution in [1.82, 2.24) is 15.0 Å². The topological polar surface area (TPSA) is 65.0 Å². The van der Waals surface area contributed by atoms with Crippen LogP contribution >= 0.6 is 0 Å². The molecule has 9 rings (SSSR count). The Kier molecular flexibility index (Phi) is 5.43. The van der Waals surface area contributed by atoms with E-state index in [1.54, 1.807) is 6.20 Å². The van der Waals surface area contributed by atoms with Crippen LogP contribution in [0.1, 0.15) is 0 Å². The van der Waals surface area contributed by atoms with E-state index < -0.39 is 0 Å². The first kappa shape index (κ1) is 24.5. The first-order valence-corrected chi connectivity index (χ1v) is 14.5. The third kappa shape index (κ3) is 3.83. The van der Waals surface area contributed by atoms with E-state index >= 15 is 0 Å². The van der Waals surface area contributed by atoms with E-state index in [0.717, 1.165) is 71.9 Å². The van der Waals surface area contributed by atoms with Crippen LogP contribution in [-0.2, 0) is 0 Å². The van der Waals surface area contributed by atoms with Crippen molar-refractivity contribution in [3.63, 3.8) is 0 Å². The summed E-state index contributed by atoms with van der Waals surface area (Å²) in [7, 11) is 0. The maximum Gasteiger partial charge on any atom is 0.181 e. The molecule has 0 saturated carbocycles. The van der Waals surface area contributed by atoms with Crippen molar-refractivity contribution in [3.05, 3.63) is 140 Å². The highest BCUT2D eigenvalue weighted by molar-refractivity contribution is 6.17. The van der Waals surface area contributed by atoms with E-state index in [1.165, 1.54) is 0 Å². The molecule has 0 fully saturated rings. The van der Waals surface area contributed by atoms with Crippen LogP contribution in [0, 0.1) is 0 Å². The van der Waals surface area contributed by atoms with Crippen molar-refractivity contribution >= 4 is 44.0 Å². The minimum Gasteiger partial charge on any atom is -0.455 e. The van der Waals surface area contributed by atoms with Gasteiger partial charge in [0.05, 0.1) is 5.69 Å². The summed E-state index contributed by atoms with van der Waals surface area (Å²) in [5, 5.41) is 2.91. The Morgan fingerprint density at radius 3 is 2.02 bits per heavy atom. The number of pyridine rings is 1. The lowest BCUT2D eigenvalue weighted by molar-refractivity contribution is 0.667. The lowest BCUT2D eigenvalue weighted by Crippen LogP contribution is -1.95. The standard InChI is InChI=1S/C39H23N3O2/c1-3-12-24(13-4-1)26-22-29(25-14-5-2-6-15-25)37-30(23-26)34-28(17-11-20-33(34)44-37)39-41-35-27-16-7-8-19-32(27)43-38(35)36(42-39)31-18-9-10-21-40-31/h1-23H. The van der Waals surface area contributed by atoms with Crippen LogP contribution in [0.3, 0.4) is 0 Å². The third-order valence-electron chi connectivity index (χ3n) is 8.16. The van der Waals surface area contributed by atoms with Crippen LogP contribution in [0.15, 0.2) is 148 Å². The Hall–Kier alpha value is -6.07. The summed E-state index contributed by atoms with van der Waals surface area (Å²) >= 11 is 0. The van der Waals surface area contributed by atoms with Gasteiger partial charge >= 0.3 is 0 Å². The average molecular weight is 566 g/mol. The van der Waals surface area contributed by atoms with E-state index in [0.29, 0.717) is 17.1 Å². The van der Waals surface area contributed by atoms with Gasteiger partial charge < -0.3 is 8.83 Å². The quantitative estimate of drug-likeness (QED) is 0.212. The number of hydrogen-bond donors (Lipinski definition) is 0. The second kappa shape index (κ2) is 9.75. The monoisotopic (exact) mass is 565 g/mol. The molecule has 0 atom stereocenters. The highest BCUT2D eigenvalue weighted by Gasteiger charge is 2.22. The Labute approximate surface area is 252 Å². The largest absolute Gasteiger partial charge is 0.455 e. The average Bonchev–Trinajstić information content (AvgIpc) is 3.67. The van der Waals surface area contributed by atoms with E-state index in [4.69, 9.17) is 18.8 Å². The second-order valence-electron chi connectivity index (χ2n) is 10.8. The minimum atomic E-state index is 0.587. The van der Waals surface area contributed by atoms with E-state index in [2.05, 4.69) is 71.7 Å². The molecule has 44 heavy (non-hydrogen) atoms. The number of nitrogens with zero attached hydrogens (tertiary/aromatic N) is 3. The van der Waals surface area contributed by atoms with E-state index in [9.17, 15) is 0 Å².